The molecule has 0 spiro atoms. The number of methoxy groups -OCH3 is 1. The van der Waals surface area contributed by atoms with E-state index in [0.29, 0.717) is 46.8 Å². The number of rotatable bonds is 14. The molecule has 0 radical (unpaired) electrons. The lowest BCUT2D eigenvalue weighted by Crippen LogP contribution is -2.37. The lowest BCUT2D eigenvalue weighted by molar-refractivity contribution is -0.0552. The second-order valence-corrected chi connectivity index (χ2v) is 13.5. The molecule has 1 fully saturated rings. The lowest BCUT2D eigenvalue weighted by atomic mass is 10.2. The molecule has 3 heterocycles. The topological polar surface area (TPSA) is 122 Å². The Morgan fingerprint density at radius 3 is 2.55 bits per heavy atom. The molecule has 2 atom stereocenters. The normalized spacial score (nSPS) is 15.7. The Morgan fingerprint density at radius 1 is 1.07 bits per heavy atom. The van der Waals surface area contributed by atoms with Gasteiger partial charge in [-0.05, 0) is 55.8 Å². The van der Waals surface area contributed by atoms with Gasteiger partial charge in [-0.2, -0.15) is 0 Å². The van der Waals surface area contributed by atoms with Crippen LogP contribution in [0.15, 0.2) is 70.8 Å². The van der Waals surface area contributed by atoms with Gasteiger partial charge < -0.3 is 18.9 Å². The molecule has 1 saturated heterocycles. The number of pyridine rings is 1. The van der Waals surface area contributed by atoms with Crippen molar-refractivity contribution in [3.05, 3.63) is 72.1 Å². The lowest BCUT2D eigenvalue weighted by Gasteiger charge is -2.26. The summed E-state index contributed by atoms with van der Waals surface area (Å²) in [7, 11) is -4.45. The SMILES string of the molecule is CCC(OC)Oc1ccnc(CS(=O)c2nc3ccccc3n2S(=O)(=O)c2ccc(OCCCN3CCOCC3)cc2)c1C. The number of benzene rings is 2. The molecule has 4 aromatic rings. The highest BCUT2D eigenvalue weighted by atomic mass is 32.2. The molecule has 0 N–H and O–H groups in total. The van der Waals surface area contributed by atoms with Crippen LogP contribution in [0.2, 0.25) is 0 Å². The van der Waals surface area contributed by atoms with Crippen molar-refractivity contribution in [2.24, 2.45) is 0 Å². The van der Waals surface area contributed by atoms with E-state index in [1.165, 1.54) is 12.1 Å². The molecule has 13 heteroatoms. The third kappa shape index (κ3) is 7.29. The first-order chi connectivity index (χ1) is 21.3. The van der Waals surface area contributed by atoms with Crippen molar-refractivity contribution >= 4 is 31.9 Å². The molecule has 0 bridgehead atoms. The minimum atomic E-state index is -4.16. The summed E-state index contributed by atoms with van der Waals surface area (Å²) in [5.74, 6) is 1.08. The molecule has 5 rings (SSSR count). The van der Waals surface area contributed by atoms with E-state index in [2.05, 4.69) is 14.9 Å². The highest BCUT2D eigenvalue weighted by Crippen LogP contribution is 2.29. The van der Waals surface area contributed by atoms with Crippen molar-refractivity contribution in [1.29, 1.82) is 0 Å². The van der Waals surface area contributed by atoms with Crippen LogP contribution in [0.25, 0.3) is 11.0 Å². The third-order valence-electron chi connectivity index (χ3n) is 7.43. The number of hydrogen-bond acceptors (Lipinski definition) is 10. The second-order valence-electron chi connectivity index (χ2n) is 10.3. The maximum atomic E-state index is 14.0. The molecular formula is C31H38N4O7S2. The predicted octanol–water partition coefficient (Wildman–Crippen LogP) is 4.15. The van der Waals surface area contributed by atoms with Gasteiger partial charge in [-0.3, -0.25) is 14.1 Å². The maximum Gasteiger partial charge on any atom is 0.270 e. The van der Waals surface area contributed by atoms with E-state index in [1.54, 1.807) is 55.8 Å². The molecule has 0 aliphatic carbocycles. The number of imidazole rings is 1. The van der Waals surface area contributed by atoms with Crippen LogP contribution in [-0.2, 0) is 36.0 Å². The van der Waals surface area contributed by atoms with Gasteiger partial charge in [-0.15, -0.1) is 0 Å². The fourth-order valence-electron chi connectivity index (χ4n) is 4.93. The fourth-order valence-corrected chi connectivity index (χ4v) is 7.98. The van der Waals surface area contributed by atoms with Crippen LogP contribution in [0, 0.1) is 6.92 Å². The van der Waals surface area contributed by atoms with Gasteiger partial charge in [0.15, 0.2) is 6.29 Å². The number of nitrogens with zero attached hydrogens (tertiary/aromatic N) is 4. The van der Waals surface area contributed by atoms with Gasteiger partial charge in [0.25, 0.3) is 10.0 Å². The summed E-state index contributed by atoms with van der Waals surface area (Å²) in [5, 5.41) is -0.0783. The number of morpholine rings is 1. The van der Waals surface area contributed by atoms with Crippen molar-refractivity contribution < 1.29 is 31.6 Å². The Balaban J connectivity index is 1.36. The minimum absolute atomic E-state index is 0.0365. The highest BCUT2D eigenvalue weighted by Gasteiger charge is 2.28. The number of hydrogen-bond donors (Lipinski definition) is 0. The quantitative estimate of drug-likeness (QED) is 0.147. The van der Waals surface area contributed by atoms with Crippen LogP contribution >= 0.6 is 0 Å². The number of fused-ring (bicyclic) bond motifs is 1. The number of aromatic nitrogens is 3. The van der Waals surface area contributed by atoms with Gasteiger partial charge in [-0.25, -0.2) is 17.4 Å². The smallest absolute Gasteiger partial charge is 0.270 e. The summed E-state index contributed by atoms with van der Waals surface area (Å²) in [6, 6.07) is 14.8. The van der Waals surface area contributed by atoms with Gasteiger partial charge in [0.05, 0.1) is 58.0 Å². The second kappa shape index (κ2) is 14.6. The summed E-state index contributed by atoms with van der Waals surface area (Å²) in [6.45, 7) is 8.56. The molecule has 2 unspecified atom stereocenters. The van der Waals surface area contributed by atoms with Crippen molar-refractivity contribution in [1.82, 2.24) is 18.8 Å². The third-order valence-corrected chi connectivity index (χ3v) is 10.5. The Hall–Kier alpha value is -3.36. The van der Waals surface area contributed by atoms with Gasteiger partial charge >= 0.3 is 0 Å². The highest BCUT2D eigenvalue weighted by molar-refractivity contribution is 7.91. The van der Waals surface area contributed by atoms with E-state index in [-0.39, 0.29) is 15.8 Å². The van der Waals surface area contributed by atoms with Crippen LogP contribution in [0.1, 0.15) is 31.0 Å². The van der Waals surface area contributed by atoms with Crippen LogP contribution in [-0.4, -0.2) is 84.3 Å². The van der Waals surface area contributed by atoms with Crippen molar-refractivity contribution in [3.8, 4) is 11.5 Å². The summed E-state index contributed by atoms with van der Waals surface area (Å²) < 4.78 is 65.5. The molecule has 2 aromatic heterocycles. The Morgan fingerprint density at radius 2 is 1.82 bits per heavy atom. The molecule has 2 aromatic carbocycles. The summed E-state index contributed by atoms with van der Waals surface area (Å²) in [6.07, 6.45) is 2.63. The molecule has 44 heavy (non-hydrogen) atoms. The average Bonchev–Trinajstić information content (AvgIpc) is 3.45. The number of ether oxygens (including phenoxy) is 4. The van der Waals surface area contributed by atoms with Crippen LogP contribution in [0.5, 0.6) is 11.5 Å². The first-order valence-corrected chi connectivity index (χ1v) is 17.4. The van der Waals surface area contributed by atoms with Gasteiger partial charge in [0.2, 0.25) is 5.16 Å². The molecular weight excluding hydrogens is 604 g/mol. The summed E-state index contributed by atoms with van der Waals surface area (Å²) in [4.78, 5) is 11.3. The predicted molar refractivity (Wildman–Crippen MR) is 167 cm³/mol. The minimum Gasteiger partial charge on any atom is -0.494 e. The van der Waals surface area contributed by atoms with Crippen LogP contribution in [0.3, 0.4) is 0 Å². The van der Waals surface area contributed by atoms with Gasteiger partial charge in [0, 0.05) is 44.9 Å². The molecule has 11 nitrogen and oxygen atoms in total. The molecule has 1 aliphatic heterocycles. The van der Waals surface area contributed by atoms with Gasteiger partial charge in [0.1, 0.15) is 11.5 Å². The fraction of sp³-hybridized carbons (Fsp3) is 0.419. The molecule has 1 aliphatic rings. The Bertz CT molecular complexity index is 1680. The van der Waals surface area contributed by atoms with Crippen molar-refractivity contribution in [2.45, 2.75) is 48.8 Å². The van der Waals surface area contributed by atoms with E-state index in [4.69, 9.17) is 18.9 Å². The first-order valence-electron chi connectivity index (χ1n) is 14.6. The summed E-state index contributed by atoms with van der Waals surface area (Å²) >= 11 is 0. The molecule has 0 amide bonds. The standard InChI is InChI=1S/C31H38N4O7S2/c1-4-30(39-3)42-29-14-15-32-27(23(29)2)22-43(36)31-33-26-8-5-6-9-28(26)35(31)44(37,38)25-12-10-24(11-13-25)41-19-7-16-34-17-20-40-21-18-34/h5-6,8-15,30H,4,7,16-22H2,1-3H3. The van der Waals surface area contributed by atoms with E-state index in [9.17, 15) is 12.6 Å². The zero-order valence-corrected chi connectivity index (χ0v) is 26.8. The molecule has 0 saturated carbocycles. The van der Waals surface area contributed by atoms with Crippen LogP contribution in [0.4, 0.5) is 0 Å². The van der Waals surface area contributed by atoms with E-state index in [0.717, 1.165) is 43.2 Å². The van der Waals surface area contributed by atoms with Crippen molar-refractivity contribution in [3.63, 3.8) is 0 Å². The van der Waals surface area contributed by atoms with Crippen molar-refractivity contribution in [2.75, 3.05) is 46.6 Å². The zero-order valence-electron chi connectivity index (χ0n) is 25.2. The first kappa shape index (κ1) is 32.0. The maximum absolute atomic E-state index is 14.0. The molecule has 236 valence electrons. The van der Waals surface area contributed by atoms with Gasteiger partial charge in [-0.1, -0.05) is 19.1 Å². The number of para-hydroxylation sites is 2. The Labute approximate surface area is 260 Å². The summed E-state index contributed by atoms with van der Waals surface area (Å²) in [5.41, 5.74) is 1.97. The van der Waals surface area contributed by atoms with E-state index < -0.39 is 27.1 Å². The Kier molecular flexibility index (Phi) is 10.6. The largest absolute Gasteiger partial charge is 0.494 e. The van der Waals surface area contributed by atoms with Crippen LogP contribution < -0.4 is 9.47 Å². The average molecular weight is 643 g/mol. The van der Waals surface area contributed by atoms with E-state index >= 15 is 0 Å². The zero-order chi connectivity index (χ0) is 31.1. The monoisotopic (exact) mass is 642 g/mol. The van der Waals surface area contributed by atoms with E-state index in [1.807, 2.05) is 13.8 Å².